The Balaban J connectivity index is 1.45. The average molecular weight is 467 g/mol. The summed E-state index contributed by atoms with van der Waals surface area (Å²) in [4.78, 5) is 11.8. The van der Waals surface area contributed by atoms with Gasteiger partial charge in [0.1, 0.15) is 0 Å². The number of hydrogen-bond donors (Lipinski definition) is 3. The summed E-state index contributed by atoms with van der Waals surface area (Å²) in [6.45, 7) is 1.63. The Morgan fingerprint density at radius 2 is 1.74 bits per heavy atom. The van der Waals surface area contributed by atoms with Crippen LogP contribution in [0.15, 0.2) is 42.5 Å². The fraction of sp³-hybridized carbons (Fsp3) is 0.458. The molecule has 0 saturated carbocycles. The Kier molecular flexibility index (Phi) is 11.8. The molecule has 0 spiro atoms. The number of benzene rings is 2. The number of unbranched alkanes of at least 4 members (excludes halogenated alkanes) is 3. The van der Waals surface area contributed by atoms with Gasteiger partial charge in [-0.2, -0.15) is 0 Å². The maximum Gasteiger partial charge on any atom is 0.305 e. The number of nitrogens with one attached hydrogen (secondary N) is 1. The Morgan fingerprint density at radius 1 is 1.03 bits per heavy atom. The number of ether oxygens (including phenoxy) is 1. The number of anilines is 1. The summed E-state index contributed by atoms with van der Waals surface area (Å²) in [5, 5.41) is 14.1. The van der Waals surface area contributed by atoms with E-state index in [9.17, 15) is 9.90 Å². The standard InChI is InChI=1S/C24H32Cl2N2O3/c25-20-15-19(16-21(26)24(20)27)22(29)17-28-13-7-2-5-12-23(30)31-14-8-6-11-18-9-3-1-4-10-18/h1,3-4,9-10,15-16,22,28-29H,2,5-8,11-14,17,27H2. The van der Waals surface area contributed by atoms with Gasteiger partial charge in [0, 0.05) is 13.0 Å². The van der Waals surface area contributed by atoms with E-state index < -0.39 is 6.10 Å². The van der Waals surface area contributed by atoms with Crippen LogP contribution in [0, 0.1) is 0 Å². The minimum absolute atomic E-state index is 0.125. The molecule has 0 saturated heterocycles. The number of halogens is 2. The number of rotatable bonds is 14. The number of carbonyl (C=O) groups is 1. The molecule has 170 valence electrons. The number of aliphatic hydroxyl groups is 1. The molecule has 31 heavy (non-hydrogen) atoms. The molecule has 0 aliphatic rings. The molecule has 2 aromatic carbocycles. The molecule has 0 bridgehead atoms. The van der Waals surface area contributed by atoms with Crippen molar-refractivity contribution in [2.45, 2.75) is 51.0 Å². The molecule has 0 heterocycles. The molecule has 0 amide bonds. The highest BCUT2D eigenvalue weighted by Crippen LogP contribution is 2.31. The van der Waals surface area contributed by atoms with Crippen molar-refractivity contribution in [2.24, 2.45) is 0 Å². The number of nitrogens with two attached hydrogens (primary N) is 1. The zero-order valence-corrected chi connectivity index (χ0v) is 19.3. The molecule has 0 aliphatic heterocycles. The second-order valence-electron chi connectivity index (χ2n) is 7.59. The smallest absolute Gasteiger partial charge is 0.305 e. The number of esters is 1. The summed E-state index contributed by atoms with van der Waals surface area (Å²) in [6.07, 6.45) is 5.29. The molecule has 0 aromatic heterocycles. The topological polar surface area (TPSA) is 84.6 Å². The Morgan fingerprint density at radius 3 is 2.45 bits per heavy atom. The van der Waals surface area contributed by atoms with E-state index in [4.69, 9.17) is 33.7 Å². The summed E-state index contributed by atoms with van der Waals surface area (Å²) in [5.74, 6) is -0.125. The Bertz CT molecular complexity index is 780. The van der Waals surface area contributed by atoms with Crippen LogP contribution in [0.5, 0.6) is 0 Å². The molecule has 4 N–H and O–H groups in total. The maximum absolute atomic E-state index is 11.8. The number of nitrogen functional groups attached to an aromatic ring is 1. The lowest BCUT2D eigenvalue weighted by atomic mass is 10.1. The van der Waals surface area contributed by atoms with Gasteiger partial charge < -0.3 is 20.9 Å². The lowest BCUT2D eigenvalue weighted by Crippen LogP contribution is -2.22. The van der Waals surface area contributed by atoms with E-state index in [1.165, 1.54) is 5.56 Å². The van der Waals surface area contributed by atoms with Crippen LogP contribution in [0.2, 0.25) is 10.0 Å². The van der Waals surface area contributed by atoms with Crippen LogP contribution in [0.1, 0.15) is 55.8 Å². The number of aliphatic hydroxyl groups excluding tert-OH is 1. The van der Waals surface area contributed by atoms with Crippen LogP contribution >= 0.6 is 23.2 Å². The minimum atomic E-state index is -0.715. The van der Waals surface area contributed by atoms with Crippen molar-refractivity contribution in [1.29, 1.82) is 0 Å². The van der Waals surface area contributed by atoms with Gasteiger partial charge in [0.25, 0.3) is 0 Å². The number of aryl methyl sites for hydroxylation is 1. The normalized spacial score (nSPS) is 12.0. The monoisotopic (exact) mass is 466 g/mol. The molecule has 1 unspecified atom stereocenters. The van der Waals surface area contributed by atoms with E-state index in [1.807, 2.05) is 18.2 Å². The van der Waals surface area contributed by atoms with Crippen LogP contribution < -0.4 is 11.1 Å². The van der Waals surface area contributed by atoms with E-state index in [0.717, 1.165) is 45.1 Å². The molecule has 1 atom stereocenters. The first kappa shape index (κ1) is 25.5. The lowest BCUT2D eigenvalue weighted by Gasteiger charge is -2.14. The Labute approximate surface area is 194 Å². The predicted molar refractivity (Wildman–Crippen MR) is 128 cm³/mol. The van der Waals surface area contributed by atoms with Crippen molar-refractivity contribution in [3.05, 3.63) is 63.6 Å². The first-order valence-corrected chi connectivity index (χ1v) is 11.6. The summed E-state index contributed by atoms with van der Waals surface area (Å²) in [7, 11) is 0. The Hall–Kier alpha value is -1.79. The zero-order valence-electron chi connectivity index (χ0n) is 17.8. The van der Waals surface area contributed by atoms with E-state index >= 15 is 0 Å². The van der Waals surface area contributed by atoms with Crippen molar-refractivity contribution < 1.29 is 14.6 Å². The third-order valence-corrected chi connectivity index (χ3v) is 5.65. The lowest BCUT2D eigenvalue weighted by molar-refractivity contribution is -0.143. The predicted octanol–water partition coefficient (Wildman–Crippen LogP) is 5.33. The largest absolute Gasteiger partial charge is 0.466 e. The van der Waals surface area contributed by atoms with E-state index in [2.05, 4.69) is 17.4 Å². The molecule has 2 rings (SSSR count). The molecular formula is C24H32Cl2N2O3. The fourth-order valence-corrected chi connectivity index (χ4v) is 3.69. The van der Waals surface area contributed by atoms with Gasteiger partial charge in [0.15, 0.2) is 0 Å². The minimum Gasteiger partial charge on any atom is -0.466 e. The maximum atomic E-state index is 11.8. The van der Waals surface area contributed by atoms with E-state index in [-0.39, 0.29) is 5.97 Å². The average Bonchev–Trinajstić information content (AvgIpc) is 2.76. The second kappa shape index (κ2) is 14.3. The molecule has 0 radical (unpaired) electrons. The third-order valence-electron chi connectivity index (χ3n) is 5.02. The van der Waals surface area contributed by atoms with Crippen LogP contribution in [0.3, 0.4) is 0 Å². The summed E-state index contributed by atoms with van der Waals surface area (Å²) < 4.78 is 5.30. The van der Waals surface area contributed by atoms with Gasteiger partial charge in [0.05, 0.1) is 28.4 Å². The highest BCUT2D eigenvalue weighted by atomic mass is 35.5. The van der Waals surface area contributed by atoms with Gasteiger partial charge >= 0.3 is 5.97 Å². The van der Waals surface area contributed by atoms with Crippen LogP contribution in [-0.2, 0) is 16.0 Å². The van der Waals surface area contributed by atoms with Crippen molar-refractivity contribution >= 4 is 34.9 Å². The molecule has 7 heteroatoms. The molecule has 2 aromatic rings. The molecule has 5 nitrogen and oxygen atoms in total. The van der Waals surface area contributed by atoms with Gasteiger partial charge in [-0.3, -0.25) is 4.79 Å². The van der Waals surface area contributed by atoms with Crippen molar-refractivity contribution in [3.63, 3.8) is 0 Å². The zero-order chi connectivity index (χ0) is 22.5. The van der Waals surface area contributed by atoms with Gasteiger partial charge in [-0.1, -0.05) is 60.0 Å². The number of carbonyl (C=O) groups excluding carboxylic acids is 1. The third kappa shape index (κ3) is 9.92. The SMILES string of the molecule is Nc1c(Cl)cc(C(O)CNCCCCCC(=O)OCCCCc2ccccc2)cc1Cl. The first-order chi connectivity index (χ1) is 15.0. The molecule has 0 aliphatic carbocycles. The van der Waals surface area contributed by atoms with Gasteiger partial charge in [0.2, 0.25) is 0 Å². The number of hydrogen-bond acceptors (Lipinski definition) is 5. The second-order valence-corrected chi connectivity index (χ2v) is 8.41. The summed E-state index contributed by atoms with van der Waals surface area (Å²) in [5.41, 5.74) is 7.97. The molecular weight excluding hydrogens is 435 g/mol. The highest BCUT2D eigenvalue weighted by Gasteiger charge is 2.12. The quantitative estimate of drug-likeness (QED) is 0.199. The highest BCUT2D eigenvalue weighted by molar-refractivity contribution is 6.38. The van der Waals surface area contributed by atoms with Crippen molar-refractivity contribution in [3.8, 4) is 0 Å². The first-order valence-electron chi connectivity index (χ1n) is 10.8. The van der Waals surface area contributed by atoms with Crippen LogP contribution in [0.4, 0.5) is 5.69 Å². The van der Waals surface area contributed by atoms with Gasteiger partial charge in [-0.15, -0.1) is 0 Å². The fourth-order valence-electron chi connectivity index (χ4n) is 3.18. The van der Waals surface area contributed by atoms with Gasteiger partial charge in [-0.05, 0) is 61.9 Å². The van der Waals surface area contributed by atoms with Crippen molar-refractivity contribution in [2.75, 3.05) is 25.4 Å². The van der Waals surface area contributed by atoms with Crippen molar-refractivity contribution in [1.82, 2.24) is 5.32 Å². The summed E-state index contributed by atoms with van der Waals surface area (Å²) >= 11 is 12.0. The van der Waals surface area contributed by atoms with Crippen LogP contribution in [0.25, 0.3) is 0 Å². The molecule has 0 fully saturated rings. The van der Waals surface area contributed by atoms with Gasteiger partial charge in [-0.25, -0.2) is 0 Å². The van der Waals surface area contributed by atoms with E-state index in [1.54, 1.807) is 12.1 Å². The summed E-state index contributed by atoms with van der Waals surface area (Å²) in [6, 6.07) is 13.6. The van der Waals surface area contributed by atoms with E-state index in [0.29, 0.717) is 40.9 Å². The van der Waals surface area contributed by atoms with Crippen LogP contribution in [-0.4, -0.2) is 30.8 Å².